The molecule has 0 spiro atoms. The first kappa shape index (κ1) is 26.3. The lowest BCUT2D eigenvalue weighted by atomic mass is 9.76. The lowest BCUT2D eigenvalue weighted by molar-refractivity contribution is 0.00578. The highest BCUT2D eigenvalue weighted by Crippen LogP contribution is 2.39. The molecule has 0 bridgehead atoms. The maximum atomic E-state index is 6.49. The maximum Gasteiger partial charge on any atom is 0.502 e. The van der Waals surface area contributed by atoms with E-state index in [1.54, 1.807) is 0 Å². The molecule has 0 N–H and O–H groups in total. The van der Waals surface area contributed by atoms with E-state index in [9.17, 15) is 0 Å². The van der Waals surface area contributed by atoms with Gasteiger partial charge in [-0.05, 0) is 69.4 Å². The quantitative estimate of drug-likeness (QED) is 0.219. The second-order valence-electron chi connectivity index (χ2n) is 10.6. The van der Waals surface area contributed by atoms with E-state index in [0.29, 0.717) is 13.2 Å². The van der Waals surface area contributed by atoms with Crippen LogP contribution in [0.5, 0.6) is 11.5 Å². The Balaban J connectivity index is 1.72. The fourth-order valence-electron chi connectivity index (χ4n) is 4.28. The largest absolute Gasteiger partial charge is 0.502 e. The Kier molecular flexibility index (Phi) is 8.43. The molecular weight excluding hydrogens is 447 g/mol. The molecule has 1 fully saturated rings. The van der Waals surface area contributed by atoms with E-state index in [4.69, 9.17) is 18.8 Å². The smallest absolute Gasteiger partial charge is 0.489 e. The number of benzene rings is 3. The summed E-state index contributed by atoms with van der Waals surface area (Å²) in [5, 5.41) is 0. The van der Waals surface area contributed by atoms with Crippen molar-refractivity contribution >= 4 is 12.6 Å². The molecular formula is C31H39BO4. The Labute approximate surface area is 217 Å². The van der Waals surface area contributed by atoms with Crippen molar-refractivity contribution in [2.24, 2.45) is 0 Å². The summed E-state index contributed by atoms with van der Waals surface area (Å²) in [6.07, 6.45) is 4.48. The number of hydrogen-bond donors (Lipinski definition) is 0. The lowest BCUT2D eigenvalue weighted by Gasteiger charge is -2.32. The summed E-state index contributed by atoms with van der Waals surface area (Å²) < 4.78 is 25.9. The van der Waals surface area contributed by atoms with E-state index in [1.165, 1.54) is 18.4 Å². The number of unbranched alkanes of at least 4 members (excludes halogenated alkanes) is 2. The molecule has 1 saturated heterocycles. The van der Waals surface area contributed by atoms with Gasteiger partial charge in [0.15, 0.2) is 0 Å². The second-order valence-corrected chi connectivity index (χ2v) is 10.6. The lowest BCUT2D eigenvalue weighted by Crippen LogP contribution is -2.41. The number of rotatable bonds is 11. The number of aryl methyl sites for hydroxylation is 1. The van der Waals surface area contributed by atoms with Crippen LogP contribution in [0, 0.1) is 0 Å². The molecule has 36 heavy (non-hydrogen) atoms. The van der Waals surface area contributed by atoms with Crippen LogP contribution in [0.3, 0.4) is 0 Å². The van der Waals surface area contributed by atoms with E-state index in [-0.39, 0.29) is 0 Å². The topological polar surface area (TPSA) is 36.9 Å². The number of hydrogen-bond acceptors (Lipinski definition) is 4. The molecule has 5 heteroatoms. The third kappa shape index (κ3) is 6.32. The van der Waals surface area contributed by atoms with Crippen molar-refractivity contribution in [3.63, 3.8) is 0 Å². The molecule has 1 heterocycles. The van der Waals surface area contributed by atoms with Crippen molar-refractivity contribution in [1.82, 2.24) is 0 Å². The van der Waals surface area contributed by atoms with Gasteiger partial charge < -0.3 is 18.8 Å². The summed E-state index contributed by atoms with van der Waals surface area (Å²) in [7, 11) is -0.587. The molecule has 0 unspecified atom stereocenters. The summed E-state index contributed by atoms with van der Waals surface area (Å²) in [5.41, 5.74) is 3.31. The van der Waals surface area contributed by atoms with Gasteiger partial charge in [-0.25, -0.2) is 0 Å². The van der Waals surface area contributed by atoms with Gasteiger partial charge >= 0.3 is 7.12 Å². The highest BCUT2D eigenvalue weighted by molar-refractivity contribution is 6.64. The Morgan fingerprint density at radius 1 is 0.667 bits per heavy atom. The zero-order chi connectivity index (χ0) is 25.6. The average Bonchev–Trinajstić information content (AvgIpc) is 3.08. The minimum Gasteiger partial charge on any atom is -0.489 e. The minimum absolute atomic E-state index is 0.462. The van der Waals surface area contributed by atoms with Gasteiger partial charge in [-0.15, -0.1) is 0 Å². The fourth-order valence-corrected chi connectivity index (χ4v) is 4.28. The average molecular weight is 486 g/mol. The molecule has 0 amide bonds. The van der Waals surface area contributed by atoms with E-state index in [0.717, 1.165) is 40.9 Å². The highest BCUT2D eigenvalue weighted by atomic mass is 16.7. The van der Waals surface area contributed by atoms with Gasteiger partial charge in [-0.2, -0.15) is 0 Å². The highest BCUT2D eigenvalue weighted by Gasteiger charge is 2.53. The van der Waals surface area contributed by atoms with Crippen LogP contribution in [0.1, 0.15) is 70.6 Å². The monoisotopic (exact) mass is 486 g/mol. The molecule has 3 aromatic carbocycles. The van der Waals surface area contributed by atoms with Gasteiger partial charge in [0.2, 0.25) is 0 Å². The Morgan fingerprint density at radius 3 is 1.58 bits per heavy atom. The molecule has 0 saturated carbocycles. The van der Waals surface area contributed by atoms with E-state index in [2.05, 4.69) is 71.0 Å². The molecule has 0 radical (unpaired) electrons. The molecule has 4 nitrogen and oxygen atoms in total. The number of ether oxygens (including phenoxy) is 2. The molecule has 1 aliphatic rings. The van der Waals surface area contributed by atoms with E-state index < -0.39 is 18.3 Å². The Morgan fingerprint density at radius 2 is 1.14 bits per heavy atom. The molecule has 0 atom stereocenters. The zero-order valence-corrected chi connectivity index (χ0v) is 22.4. The summed E-state index contributed by atoms with van der Waals surface area (Å²) >= 11 is 0. The first-order valence-corrected chi connectivity index (χ1v) is 13.1. The molecule has 0 aromatic heterocycles. The normalized spacial score (nSPS) is 16.2. The van der Waals surface area contributed by atoms with Gasteiger partial charge in [0.05, 0.1) is 16.7 Å². The first-order chi connectivity index (χ1) is 17.3. The van der Waals surface area contributed by atoms with Crippen LogP contribution in [0.25, 0.3) is 0 Å². The SMILES string of the molecule is CCCCCc1cc(OCc2ccccc2)c(B2OC(C)(C)C(C)(C)O2)c(OCc2ccccc2)c1. The summed E-state index contributed by atoms with van der Waals surface area (Å²) in [6, 6.07) is 24.8. The molecule has 190 valence electrons. The molecule has 3 aromatic rings. The van der Waals surface area contributed by atoms with Crippen molar-refractivity contribution < 1.29 is 18.8 Å². The van der Waals surface area contributed by atoms with Crippen molar-refractivity contribution in [3.05, 3.63) is 89.5 Å². The predicted octanol–water partition coefficient (Wildman–Crippen LogP) is 6.88. The van der Waals surface area contributed by atoms with Crippen LogP contribution >= 0.6 is 0 Å². The van der Waals surface area contributed by atoms with Crippen LogP contribution in [-0.4, -0.2) is 18.3 Å². The van der Waals surface area contributed by atoms with Crippen molar-refractivity contribution in [2.45, 2.75) is 84.7 Å². The van der Waals surface area contributed by atoms with E-state index in [1.807, 2.05) is 36.4 Å². The van der Waals surface area contributed by atoms with Crippen LogP contribution in [0.15, 0.2) is 72.8 Å². The van der Waals surface area contributed by atoms with Crippen molar-refractivity contribution in [1.29, 1.82) is 0 Å². The Bertz CT molecular complexity index is 1030. The first-order valence-electron chi connectivity index (χ1n) is 13.1. The molecule has 1 aliphatic heterocycles. The molecule has 0 aliphatic carbocycles. The zero-order valence-electron chi connectivity index (χ0n) is 22.4. The third-order valence-electron chi connectivity index (χ3n) is 7.20. The van der Waals surface area contributed by atoms with Gasteiger partial charge in [-0.3, -0.25) is 0 Å². The summed E-state index contributed by atoms with van der Waals surface area (Å²) in [4.78, 5) is 0. The van der Waals surface area contributed by atoms with Crippen LogP contribution in [0.2, 0.25) is 0 Å². The second kappa shape index (κ2) is 11.5. The van der Waals surface area contributed by atoms with Gasteiger partial charge in [0.1, 0.15) is 24.7 Å². The predicted molar refractivity (Wildman–Crippen MR) is 147 cm³/mol. The van der Waals surface area contributed by atoms with Crippen LogP contribution in [-0.2, 0) is 28.9 Å². The standard InChI is InChI=1S/C31H39BO4/c1-6-7-10-19-26-20-27(33-22-24-15-11-8-12-16-24)29(32-35-30(2,3)31(4,5)36-32)28(21-26)34-23-25-17-13-9-14-18-25/h8-9,11-18,20-21H,6-7,10,19,22-23H2,1-5H3. The third-order valence-corrected chi connectivity index (χ3v) is 7.20. The molecule has 4 rings (SSSR count). The van der Waals surface area contributed by atoms with E-state index >= 15 is 0 Å². The van der Waals surface area contributed by atoms with Crippen LogP contribution in [0.4, 0.5) is 0 Å². The van der Waals surface area contributed by atoms with Crippen molar-refractivity contribution in [3.8, 4) is 11.5 Å². The summed E-state index contributed by atoms with van der Waals surface area (Å²) in [6.45, 7) is 11.4. The van der Waals surface area contributed by atoms with Gasteiger partial charge in [0.25, 0.3) is 0 Å². The summed E-state index contributed by atoms with van der Waals surface area (Å²) in [5.74, 6) is 1.52. The van der Waals surface area contributed by atoms with Gasteiger partial charge in [0, 0.05) is 0 Å². The van der Waals surface area contributed by atoms with Gasteiger partial charge in [-0.1, -0.05) is 80.4 Å². The fraction of sp³-hybridized carbons (Fsp3) is 0.419. The Hall–Kier alpha value is -2.76. The maximum absolute atomic E-state index is 6.49. The van der Waals surface area contributed by atoms with Crippen LogP contribution < -0.4 is 14.9 Å². The van der Waals surface area contributed by atoms with Crippen molar-refractivity contribution in [2.75, 3.05) is 0 Å². The minimum atomic E-state index is -0.587.